The zero-order valence-electron chi connectivity index (χ0n) is 13.7. The van der Waals surface area contributed by atoms with Gasteiger partial charge in [0.2, 0.25) is 0 Å². The lowest BCUT2D eigenvalue weighted by Gasteiger charge is -2.40. The van der Waals surface area contributed by atoms with Crippen LogP contribution in [0.4, 0.5) is 0 Å². The first-order valence-corrected chi connectivity index (χ1v) is 8.42. The highest BCUT2D eigenvalue weighted by Gasteiger charge is 2.48. The van der Waals surface area contributed by atoms with Crippen LogP contribution in [0.15, 0.2) is 0 Å². The Morgan fingerprint density at radius 3 is 2.90 bits per heavy atom. The van der Waals surface area contributed by atoms with Crippen molar-refractivity contribution in [3.63, 3.8) is 0 Å². The van der Waals surface area contributed by atoms with Gasteiger partial charge in [-0.05, 0) is 39.2 Å². The molecule has 3 atom stereocenters. The molecule has 1 saturated carbocycles. The van der Waals surface area contributed by atoms with E-state index < -0.39 is 5.54 Å². The summed E-state index contributed by atoms with van der Waals surface area (Å²) in [6, 6.07) is 0.950. The zero-order chi connectivity index (χ0) is 15.3. The van der Waals surface area contributed by atoms with Crippen LogP contribution in [0, 0.1) is 0 Å². The van der Waals surface area contributed by atoms with Crippen LogP contribution in [0.3, 0.4) is 0 Å². The Morgan fingerprint density at radius 2 is 2.24 bits per heavy atom. The Hall–Kier alpha value is -0.650. The first-order chi connectivity index (χ1) is 10.2. The molecular weight excluding hydrogens is 268 g/mol. The number of carbonyl (C=O) groups is 1. The van der Waals surface area contributed by atoms with Crippen LogP contribution in [0.5, 0.6) is 0 Å². The zero-order valence-corrected chi connectivity index (χ0v) is 13.7. The normalized spacial score (nSPS) is 34.0. The maximum Gasteiger partial charge on any atom is 0.326 e. The molecule has 1 aliphatic heterocycles. The van der Waals surface area contributed by atoms with Crippen molar-refractivity contribution in [2.24, 2.45) is 0 Å². The number of hydrogen-bond acceptors (Lipinski definition) is 5. The molecule has 2 rings (SSSR count). The minimum absolute atomic E-state index is 0.0735. The second kappa shape index (κ2) is 7.56. The van der Waals surface area contributed by atoms with Gasteiger partial charge in [-0.1, -0.05) is 13.8 Å². The van der Waals surface area contributed by atoms with Gasteiger partial charge in [0.1, 0.15) is 5.54 Å². The van der Waals surface area contributed by atoms with Crippen molar-refractivity contribution in [1.82, 2.24) is 10.2 Å². The van der Waals surface area contributed by atoms with Crippen LogP contribution in [-0.2, 0) is 14.3 Å². The fourth-order valence-corrected chi connectivity index (χ4v) is 3.83. The lowest BCUT2D eigenvalue weighted by Crippen LogP contribution is -2.54. The van der Waals surface area contributed by atoms with Crippen LogP contribution in [0.1, 0.15) is 46.5 Å². The van der Waals surface area contributed by atoms with Gasteiger partial charge in [0.25, 0.3) is 0 Å². The SMILES string of the molecule is CCNC1(C(=O)OCC)CCC(N2CCOCC2CC)C1. The van der Waals surface area contributed by atoms with Crippen LogP contribution < -0.4 is 5.32 Å². The summed E-state index contributed by atoms with van der Waals surface area (Å²) < 4.78 is 10.9. The summed E-state index contributed by atoms with van der Waals surface area (Å²) in [5.74, 6) is -0.0735. The number of esters is 1. The van der Waals surface area contributed by atoms with Crippen molar-refractivity contribution < 1.29 is 14.3 Å². The molecule has 0 spiro atoms. The van der Waals surface area contributed by atoms with Gasteiger partial charge >= 0.3 is 5.97 Å². The van der Waals surface area contributed by atoms with Crippen molar-refractivity contribution in [2.45, 2.75) is 64.1 Å². The Bertz CT molecular complexity index is 350. The van der Waals surface area contributed by atoms with Crippen LogP contribution >= 0.6 is 0 Å². The molecule has 0 aromatic carbocycles. The lowest BCUT2D eigenvalue weighted by molar-refractivity contribution is -0.151. The predicted molar refractivity (Wildman–Crippen MR) is 82.3 cm³/mol. The van der Waals surface area contributed by atoms with Gasteiger partial charge in [0, 0.05) is 18.6 Å². The molecule has 3 unspecified atom stereocenters. The highest BCUT2D eigenvalue weighted by atomic mass is 16.5. The van der Waals surface area contributed by atoms with Crippen LogP contribution in [0.25, 0.3) is 0 Å². The quantitative estimate of drug-likeness (QED) is 0.754. The van der Waals surface area contributed by atoms with Gasteiger partial charge < -0.3 is 14.8 Å². The molecule has 1 heterocycles. The molecule has 1 aliphatic carbocycles. The average Bonchev–Trinajstić information content (AvgIpc) is 2.93. The molecule has 0 radical (unpaired) electrons. The fourth-order valence-electron chi connectivity index (χ4n) is 3.83. The number of nitrogens with zero attached hydrogens (tertiary/aromatic N) is 1. The molecule has 0 bridgehead atoms. The molecule has 1 saturated heterocycles. The Morgan fingerprint density at radius 1 is 1.43 bits per heavy atom. The minimum Gasteiger partial charge on any atom is -0.465 e. The van der Waals surface area contributed by atoms with E-state index in [0.29, 0.717) is 18.7 Å². The standard InChI is InChI=1S/C16H30N2O3/c1-4-13-12-20-10-9-18(13)14-7-8-16(11-14,17-5-2)15(19)21-6-3/h13-14,17H,4-12H2,1-3H3. The molecular formula is C16H30N2O3. The van der Waals surface area contributed by atoms with Gasteiger partial charge in [0.05, 0.1) is 19.8 Å². The predicted octanol–water partition coefficient (Wildman–Crippen LogP) is 1.56. The van der Waals surface area contributed by atoms with Crippen molar-refractivity contribution in [2.75, 3.05) is 32.9 Å². The molecule has 2 aliphatic rings. The molecule has 5 heteroatoms. The van der Waals surface area contributed by atoms with E-state index in [1.165, 1.54) is 0 Å². The van der Waals surface area contributed by atoms with E-state index in [2.05, 4.69) is 24.1 Å². The third-order valence-electron chi connectivity index (χ3n) is 4.88. The number of likely N-dealkylation sites (N-methyl/N-ethyl adjacent to an activating group) is 1. The number of rotatable bonds is 6. The van der Waals surface area contributed by atoms with E-state index in [1.807, 2.05) is 6.92 Å². The molecule has 122 valence electrons. The van der Waals surface area contributed by atoms with E-state index in [4.69, 9.17) is 9.47 Å². The Balaban J connectivity index is 2.06. The fraction of sp³-hybridized carbons (Fsp3) is 0.938. The summed E-state index contributed by atoms with van der Waals surface area (Å²) in [5, 5.41) is 3.41. The Kier molecular flexibility index (Phi) is 6.02. The first kappa shape index (κ1) is 16.7. The smallest absolute Gasteiger partial charge is 0.326 e. The van der Waals surface area contributed by atoms with Crippen molar-refractivity contribution in [3.05, 3.63) is 0 Å². The maximum absolute atomic E-state index is 12.4. The molecule has 1 N–H and O–H groups in total. The number of nitrogens with one attached hydrogen (secondary N) is 1. The van der Waals surface area contributed by atoms with Gasteiger partial charge in [0.15, 0.2) is 0 Å². The maximum atomic E-state index is 12.4. The summed E-state index contributed by atoms with van der Waals surface area (Å²) in [6.45, 7) is 9.99. The van der Waals surface area contributed by atoms with Crippen LogP contribution in [-0.4, -0.2) is 61.4 Å². The number of hydrogen-bond donors (Lipinski definition) is 1. The molecule has 5 nitrogen and oxygen atoms in total. The highest BCUT2D eigenvalue weighted by Crippen LogP contribution is 2.36. The molecule has 2 fully saturated rings. The number of carbonyl (C=O) groups excluding carboxylic acids is 1. The van der Waals surface area contributed by atoms with E-state index in [0.717, 1.165) is 52.0 Å². The van der Waals surface area contributed by atoms with E-state index >= 15 is 0 Å². The minimum atomic E-state index is -0.480. The summed E-state index contributed by atoms with van der Waals surface area (Å²) >= 11 is 0. The summed E-state index contributed by atoms with van der Waals surface area (Å²) in [5.41, 5.74) is -0.480. The Labute approximate surface area is 128 Å². The van der Waals surface area contributed by atoms with E-state index in [-0.39, 0.29) is 5.97 Å². The molecule has 21 heavy (non-hydrogen) atoms. The van der Waals surface area contributed by atoms with Crippen molar-refractivity contribution in [3.8, 4) is 0 Å². The third-order valence-corrected chi connectivity index (χ3v) is 4.88. The number of ether oxygens (including phenoxy) is 2. The van der Waals surface area contributed by atoms with Gasteiger partial charge in [-0.3, -0.25) is 9.69 Å². The second-order valence-corrected chi connectivity index (χ2v) is 6.10. The summed E-state index contributed by atoms with van der Waals surface area (Å²) in [4.78, 5) is 15.0. The molecule has 0 aromatic heterocycles. The summed E-state index contributed by atoms with van der Waals surface area (Å²) in [6.07, 6.45) is 3.89. The van der Waals surface area contributed by atoms with Gasteiger partial charge in [-0.15, -0.1) is 0 Å². The third kappa shape index (κ3) is 3.58. The molecule has 0 amide bonds. The van der Waals surface area contributed by atoms with E-state index in [1.54, 1.807) is 0 Å². The topological polar surface area (TPSA) is 50.8 Å². The van der Waals surface area contributed by atoms with Gasteiger partial charge in [-0.25, -0.2) is 0 Å². The van der Waals surface area contributed by atoms with Crippen molar-refractivity contribution in [1.29, 1.82) is 0 Å². The first-order valence-electron chi connectivity index (χ1n) is 8.42. The highest BCUT2D eigenvalue weighted by molar-refractivity contribution is 5.81. The second-order valence-electron chi connectivity index (χ2n) is 6.10. The van der Waals surface area contributed by atoms with E-state index in [9.17, 15) is 4.79 Å². The lowest BCUT2D eigenvalue weighted by atomic mass is 9.96. The monoisotopic (exact) mass is 298 g/mol. The van der Waals surface area contributed by atoms with Crippen LogP contribution in [0.2, 0.25) is 0 Å². The van der Waals surface area contributed by atoms with Gasteiger partial charge in [-0.2, -0.15) is 0 Å². The largest absolute Gasteiger partial charge is 0.465 e. The average molecular weight is 298 g/mol. The molecule has 0 aromatic rings. The van der Waals surface area contributed by atoms with Crippen molar-refractivity contribution >= 4 is 5.97 Å². The number of morpholine rings is 1. The summed E-state index contributed by atoms with van der Waals surface area (Å²) in [7, 11) is 0.